The summed E-state index contributed by atoms with van der Waals surface area (Å²) in [6.45, 7) is 1.99. The van der Waals surface area contributed by atoms with Crippen LogP contribution in [-0.2, 0) is 14.1 Å². The zero-order valence-electron chi connectivity index (χ0n) is 11.6. The van der Waals surface area contributed by atoms with Gasteiger partial charge in [-0.15, -0.1) is 0 Å². The van der Waals surface area contributed by atoms with E-state index in [2.05, 4.69) is 4.99 Å². The summed E-state index contributed by atoms with van der Waals surface area (Å²) in [4.78, 5) is 27.8. The summed E-state index contributed by atoms with van der Waals surface area (Å²) < 4.78 is 2.18. The molecular formula is C14H16N4O2. The average Bonchev–Trinajstić information content (AvgIpc) is 2.45. The van der Waals surface area contributed by atoms with Gasteiger partial charge in [-0.25, -0.2) is 9.79 Å². The lowest BCUT2D eigenvalue weighted by molar-refractivity contribution is 0.695. The van der Waals surface area contributed by atoms with Crippen LogP contribution in [0.2, 0.25) is 0 Å². The normalized spacial score (nSPS) is 11.2. The lowest BCUT2D eigenvalue weighted by Gasteiger charge is -2.07. The first-order chi connectivity index (χ1) is 9.41. The van der Waals surface area contributed by atoms with E-state index in [1.54, 1.807) is 6.21 Å². The smallest absolute Gasteiger partial charge is 0.332 e. The number of benzene rings is 1. The van der Waals surface area contributed by atoms with Gasteiger partial charge in [0.1, 0.15) is 5.82 Å². The van der Waals surface area contributed by atoms with E-state index in [1.165, 1.54) is 18.7 Å². The number of aliphatic imine (C=N–C) groups is 1. The van der Waals surface area contributed by atoms with Gasteiger partial charge in [-0.2, -0.15) is 0 Å². The van der Waals surface area contributed by atoms with Crippen molar-refractivity contribution in [3.63, 3.8) is 0 Å². The minimum absolute atomic E-state index is 0.0569. The number of nitrogens with two attached hydrogens (primary N) is 1. The van der Waals surface area contributed by atoms with Gasteiger partial charge < -0.3 is 5.73 Å². The van der Waals surface area contributed by atoms with Gasteiger partial charge in [0.2, 0.25) is 0 Å². The highest BCUT2D eigenvalue weighted by atomic mass is 16.2. The molecule has 104 valence electrons. The molecule has 0 fully saturated rings. The summed E-state index contributed by atoms with van der Waals surface area (Å²) >= 11 is 0. The summed E-state index contributed by atoms with van der Waals surface area (Å²) in [5.74, 6) is 0.0569. The molecule has 0 saturated heterocycles. The first kappa shape index (κ1) is 13.8. The maximum atomic E-state index is 12.0. The summed E-state index contributed by atoms with van der Waals surface area (Å²) in [5, 5.41) is 0. The van der Waals surface area contributed by atoms with E-state index in [4.69, 9.17) is 5.73 Å². The van der Waals surface area contributed by atoms with Crippen molar-refractivity contribution in [3.05, 3.63) is 56.2 Å². The van der Waals surface area contributed by atoms with Crippen LogP contribution < -0.4 is 17.0 Å². The van der Waals surface area contributed by atoms with Crippen LogP contribution in [0.5, 0.6) is 0 Å². The fourth-order valence-electron chi connectivity index (χ4n) is 1.76. The predicted octanol–water partition coefficient (Wildman–Crippen LogP) is 0.725. The monoisotopic (exact) mass is 272 g/mol. The van der Waals surface area contributed by atoms with E-state index in [0.717, 1.165) is 15.7 Å². The second-order valence-corrected chi connectivity index (χ2v) is 4.61. The molecule has 0 atom stereocenters. The number of hydrogen-bond donors (Lipinski definition) is 1. The Hall–Kier alpha value is -2.63. The minimum Gasteiger partial charge on any atom is -0.383 e. The van der Waals surface area contributed by atoms with Crippen molar-refractivity contribution >= 4 is 17.7 Å². The molecule has 2 rings (SSSR count). The molecule has 1 heterocycles. The number of nitrogens with zero attached hydrogens (tertiary/aromatic N) is 3. The Balaban J connectivity index is 2.52. The number of anilines is 1. The van der Waals surface area contributed by atoms with Crippen molar-refractivity contribution in [1.29, 1.82) is 0 Å². The number of aromatic nitrogens is 2. The molecule has 0 radical (unpaired) electrons. The SMILES string of the molecule is Cc1ccc(C=Nc2c(N)n(C)c(=O)n(C)c2=O)cc1. The van der Waals surface area contributed by atoms with Crippen molar-refractivity contribution in [2.75, 3.05) is 5.73 Å². The van der Waals surface area contributed by atoms with Crippen LogP contribution in [0.25, 0.3) is 0 Å². The van der Waals surface area contributed by atoms with Gasteiger partial charge in [0.05, 0.1) is 0 Å². The zero-order valence-corrected chi connectivity index (χ0v) is 11.6. The van der Waals surface area contributed by atoms with E-state index >= 15 is 0 Å². The van der Waals surface area contributed by atoms with Gasteiger partial charge in [0, 0.05) is 20.3 Å². The summed E-state index contributed by atoms with van der Waals surface area (Å²) in [5.41, 5.74) is 6.86. The van der Waals surface area contributed by atoms with Crippen molar-refractivity contribution in [1.82, 2.24) is 9.13 Å². The van der Waals surface area contributed by atoms with Crippen LogP contribution in [0.1, 0.15) is 11.1 Å². The molecule has 0 saturated carbocycles. The maximum Gasteiger partial charge on any atom is 0.332 e. The molecule has 0 bridgehead atoms. The Kier molecular flexibility index (Phi) is 3.56. The third kappa shape index (κ3) is 2.40. The Morgan fingerprint density at radius 2 is 1.70 bits per heavy atom. The molecule has 0 aliphatic carbocycles. The van der Waals surface area contributed by atoms with E-state index < -0.39 is 11.2 Å². The predicted molar refractivity (Wildman–Crippen MR) is 79.8 cm³/mol. The summed E-state index contributed by atoms with van der Waals surface area (Å²) in [6, 6.07) is 7.68. The highest BCUT2D eigenvalue weighted by Gasteiger charge is 2.11. The third-order valence-electron chi connectivity index (χ3n) is 3.11. The number of aryl methyl sites for hydroxylation is 1. The second kappa shape index (κ2) is 5.16. The van der Waals surface area contributed by atoms with E-state index in [9.17, 15) is 9.59 Å². The molecule has 0 aliphatic heterocycles. The highest BCUT2D eigenvalue weighted by Crippen LogP contribution is 2.13. The number of nitrogen functional groups attached to an aromatic ring is 1. The lowest BCUT2D eigenvalue weighted by Crippen LogP contribution is -2.37. The molecule has 1 aromatic heterocycles. The molecule has 2 aromatic rings. The Labute approximate surface area is 115 Å². The van der Waals surface area contributed by atoms with Gasteiger partial charge in [-0.05, 0) is 12.5 Å². The minimum atomic E-state index is -0.506. The van der Waals surface area contributed by atoms with Crippen LogP contribution in [0.15, 0.2) is 38.8 Å². The first-order valence-corrected chi connectivity index (χ1v) is 6.08. The zero-order chi connectivity index (χ0) is 14.9. The first-order valence-electron chi connectivity index (χ1n) is 6.08. The fraction of sp³-hybridized carbons (Fsp3) is 0.214. The Morgan fingerprint density at radius 1 is 1.10 bits per heavy atom. The highest BCUT2D eigenvalue weighted by molar-refractivity contribution is 5.83. The van der Waals surface area contributed by atoms with Crippen molar-refractivity contribution in [3.8, 4) is 0 Å². The van der Waals surface area contributed by atoms with Crippen LogP contribution in [-0.4, -0.2) is 15.3 Å². The van der Waals surface area contributed by atoms with Gasteiger partial charge >= 0.3 is 5.69 Å². The molecule has 6 heteroatoms. The molecule has 20 heavy (non-hydrogen) atoms. The van der Waals surface area contributed by atoms with E-state index in [0.29, 0.717) is 0 Å². The topological polar surface area (TPSA) is 82.4 Å². The lowest BCUT2D eigenvalue weighted by atomic mass is 10.2. The third-order valence-corrected chi connectivity index (χ3v) is 3.11. The fourth-order valence-corrected chi connectivity index (χ4v) is 1.76. The molecular weight excluding hydrogens is 256 g/mol. The number of rotatable bonds is 2. The molecule has 0 unspecified atom stereocenters. The van der Waals surface area contributed by atoms with Crippen molar-refractivity contribution in [2.45, 2.75) is 6.92 Å². The van der Waals surface area contributed by atoms with Crippen molar-refractivity contribution in [2.24, 2.45) is 19.1 Å². The maximum absolute atomic E-state index is 12.0. The Bertz CT molecular complexity index is 783. The Morgan fingerprint density at radius 3 is 2.30 bits per heavy atom. The molecule has 0 spiro atoms. The van der Waals surface area contributed by atoms with Crippen LogP contribution in [0.3, 0.4) is 0 Å². The van der Waals surface area contributed by atoms with Crippen molar-refractivity contribution < 1.29 is 0 Å². The van der Waals surface area contributed by atoms with Gasteiger partial charge in [-0.3, -0.25) is 13.9 Å². The van der Waals surface area contributed by atoms with Crippen LogP contribution >= 0.6 is 0 Å². The average molecular weight is 272 g/mol. The quantitative estimate of drug-likeness (QED) is 0.818. The summed E-state index contributed by atoms with van der Waals surface area (Å²) in [7, 11) is 2.90. The van der Waals surface area contributed by atoms with Gasteiger partial charge in [0.25, 0.3) is 5.56 Å². The standard InChI is InChI=1S/C14H16N4O2/c1-9-4-6-10(7-5-9)8-16-11-12(15)17(2)14(20)18(3)13(11)19/h4-8H,15H2,1-3H3. The molecule has 2 N–H and O–H groups in total. The van der Waals surface area contributed by atoms with E-state index in [1.807, 2.05) is 31.2 Å². The van der Waals surface area contributed by atoms with Gasteiger partial charge in [0.15, 0.2) is 5.69 Å². The van der Waals surface area contributed by atoms with Crippen LogP contribution in [0, 0.1) is 6.92 Å². The molecule has 0 aliphatic rings. The molecule has 6 nitrogen and oxygen atoms in total. The van der Waals surface area contributed by atoms with Crippen LogP contribution in [0.4, 0.5) is 11.5 Å². The molecule has 1 aromatic carbocycles. The second-order valence-electron chi connectivity index (χ2n) is 4.61. The van der Waals surface area contributed by atoms with E-state index in [-0.39, 0.29) is 11.5 Å². The molecule has 0 amide bonds. The summed E-state index contributed by atoms with van der Waals surface area (Å²) in [6.07, 6.45) is 1.55. The van der Waals surface area contributed by atoms with Gasteiger partial charge in [-0.1, -0.05) is 29.8 Å². The number of hydrogen-bond acceptors (Lipinski definition) is 4. The largest absolute Gasteiger partial charge is 0.383 e.